The lowest BCUT2D eigenvalue weighted by molar-refractivity contribution is 0.0693. The highest BCUT2D eigenvalue weighted by Gasteiger charge is 2.10. The number of anilines is 1. The lowest BCUT2D eigenvalue weighted by Gasteiger charge is -2.20. The molecule has 1 unspecified atom stereocenters. The van der Waals surface area contributed by atoms with Crippen molar-refractivity contribution in [3.8, 4) is 0 Å². The number of rotatable bonds is 9. The van der Waals surface area contributed by atoms with E-state index in [4.69, 9.17) is 4.74 Å². The van der Waals surface area contributed by atoms with Crippen molar-refractivity contribution in [3.63, 3.8) is 0 Å². The number of hydrogen-bond donors (Lipinski definition) is 2. The molecule has 0 amide bonds. The summed E-state index contributed by atoms with van der Waals surface area (Å²) in [5.74, 6) is 1.23. The van der Waals surface area contributed by atoms with Gasteiger partial charge in [-0.25, -0.2) is 9.97 Å². The predicted octanol–water partition coefficient (Wildman–Crippen LogP) is 0.666. The number of nitrogens with one attached hydrogen (secondary N) is 1. The van der Waals surface area contributed by atoms with E-state index in [1.54, 1.807) is 7.11 Å². The molecule has 0 fully saturated rings. The highest BCUT2D eigenvalue weighted by Crippen LogP contribution is 2.06. The Morgan fingerprint density at radius 3 is 2.55 bits per heavy atom. The molecule has 0 aliphatic carbocycles. The quantitative estimate of drug-likeness (QED) is 0.693. The Bertz CT molecular complexity index is 370. The topological polar surface area (TPSA) is 70.5 Å². The van der Waals surface area contributed by atoms with Gasteiger partial charge in [-0.05, 0) is 12.5 Å². The third kappa shape index (κ3) is 6.27. The van der Waals surface area contributed by atoms with Crippen LogP contribution in [0.5, 0.6) is 0 Å². The number of likely N-dealkylation sites (N-methyl/N-ethyl adjacent to an activating group) is 1. The Balaban J connectivity index is 2.44. The van der Waals surface area contributed by atoms with Crippen molar-refractivity contribution in [1.29, 1.82) is 0 Å². The van der Waals surface area contributed by atoms with Gasteiger partial charge in [-0.1, -0.05) is 13.8 Å². The molecule has 1 atom stereocenters. The highest BCUT2D eigenvalue weighted by atomic mass is 16.5. The van der Waals surface area contributed by atoms with Gasteiger partial charge in [-0.2, -0.15) is 0 Å². The van der Waals surface area contributed by atoms with Gasteiger partial charge in [0.25, 0.3) is 0 Å². The van der Waals surface area contributed by atoms with E-state index < -0.39 is 6.10 Å². The number of aliphatic hydroxyl groups excluding tert-OH is 1. The Hall–Kier alpha value is -1.24. The van der Waals surface area contributed by atoms with E-state index in [1.165, 1.54) is 0 Å². The molecule has 0 aromatic carbocycles. The lowest BCUT2D eigenvalue weighted by atomic mass is 10.2. The van der Waals surface area contributed by atoms with Gasteiger partial charge in [0.15, 0.2) is 0 Å². The van der Waals surface area contributed by atoms with E-state index in [2.05, 4.69) is 29.1 Å². The molecule has 0 aliphatic heterocycles. The SMILES string of the molecule is COCC(O)CN(C)c1ncc(CNCC(C)C)cn1. The summed E-state index contributed by atoms with van der Waals surface area (Å²) in [6.45, 7) is 6.85. The van der Waals surface area contributed by atoms with Crippen molar-refractivity contribution < 1.29 is 9.84 Å². The number of ether oxygens (including phenoxy) is 1. The van der Waals surface area contributed by atoms with Gasteiger partial charge in [-0.15, -0.1) is 0 Å². The summed E-state index contributed by atoms with van der Waals surface area (Å²) in [4.78, 5) is 10.4. The monoisotopic (exact) mass is 282 g/mol. The van der Waals surface area contributed by atoms with Gasteiger partial charge >= 0.3 is 0 Å². The molecule has 0 saturated carbocycles. The summed E-state index contributed by atoms with van der Waals surface area (Å²) in [5.41, 5.74) is 1.06. The zero-order valence-electron chi connectivity index (χ0n) is 12.8. The van der Waals surface area contributed by atoms with Crippen molar-refractivity contribution in [2.75, 3.05) is 38.8 Å². The summed E-state index contributed by atoms with van der Waals surface area (Å²) in [6, 6.07) is 0. The summed E-state index contributed by atoms with van der Waals surface area (Å²) in [7, 11) is 3.42. The number of hydrogen-bond acceptors (Lipinski definition) is 6. The molecule has 2 N–H and O–H groups in total. The van der Waals surface area contributed by atoms with Crippen LogP contribution in [0.15, 0.2) is 12.4 Å². The molecule has 0 aliphatic rings. The second-order valence-corrected chi connectivity index (χ2v) is 5.41. The number of aliphatic hydroxyl groups is 1. The van der Waals surface area contributed by atoms with Crippen LogP contribution in [0.3, 0.4) is 0 Å². The van der Waals surface area contributed by atoms with Crippen LogP contribution < -0.4 is 10.2 Å². The maximum absolute atomic E-state index is 9.67. The molecule has 0 saturated heterocycles. The van der Waals surface area contributed by atoms with Crippen LogP contribution in [0.25, 0.3) is 0 Å². The fourth-order valence-electron chi connectivity index (χ4n) is 1.78. The van der Waals surface area contributed by atoms with E-state index >= 15 is 0 Å². The normalized spacial score (nSPS) is 12.7. The van der Waals surface area contributed by atoms with E-state index in [0.29, 0.717) is 25.0 Å². The van der Waals surface area contributed by atoms with E-state index in [-0.39, 0.29) is 0 Å². The molecule has 0 bridgehead atoms. The van der Waals surface area contributed by atoms with Gasteiger partial charge in [-0.3, -0.25) is 0 Å². The minimum Gasteiger partial charge on any atom is -0.389 e. The second kappa shape index (κ2) is 8.84. The molecule has 0 spiro atoms. The smallest absolute Gasteiger partial charge is 0.225 e. The van der Waals surface area contributed by atoms with Crippen molar-refractivity contribution in [3.05, 3.63) is 18.0 Å². The zero-order chi connectivity index (χ0) is 15.0. The molecule has 1 rings (SSSR count). The van der Waals surface area contributed by atoms with Crippen LogP contribution in [0, 0.1) is 5.92 Å². The van der Waals surface area contributed by atoms with E-state index in [0.717, 1.165) is 18.7 Å². The number of nitrogens with zero attached hydrogens (tertiary/aromatic N) is 3. The first-order chi connectivity index (χ1) is 9.52. The molecule has 20 heavy (non-hydrogen) atoms. The first kappa shape index (κ1) is 16.8. The Labute approximate surface area is 121 Å². The van der Waals surface area contributed by atoms with E-state index in [9.17, 15) is 5.11 Å². The van der Waals surface area contributed by atoms with Crippen LogP contribution in [0.4, 0.5) is 5.95 Å². The van der Waals surface area contributed by atoms with Crippen molar-refractivity contribution in [2.45, 2.75) is 26.5 Å². The van der Waals surface area contributed by atoms with Crippen LogP contribution in [0.1, 0.15) is 19.4 Å². The number of methoxy groups -OCH3 is 1. The van der Waals surface area contributed by atoms with Gasteiger partial charge in [0.2, 0.25) is 5.95 Å². The molecule has 1 aromatic rings. The van der Waals surface area contributed by atoms with Crippen molar-refractivity contribution in [2.24, 2.45) is 5.92 Å². The molecule has 6 heteroatoms. The van der Waals surface area contributed by atoms with Crippen LogP contribution in [-0.2, 0) is 11.3 Å². The van der Waals surface area contributed by atoms with Crippen LogP contribution >= 0.6 is 0 Å². The largest absolute Gasteiger partial charge is 0.389 e. The summed E-state index contributed by atoms with van der Waals surface area (Å²) in [6.07, 6.45) is 3.09. The molecule has 1 aromatic heterocycles. The first-order valence-electron chi connectivity index (χ1n) is 6.92. The van der Waals surface area contributed by atoms with Crippen molar-refractivity contribution >= 4 is 5.95 Å². The Morgan fingerprint density at radius 1 is 1.35 bits per heavy atom. The fourth-order valence-corrected chi connectivity index (χ4v) is 1.78. The van der Waals surface area contributed by atoms with Gasteiger partial charge in [0, 0.05) is 45.2 Å². The summed E-state index contributed by atoms with van der Waals surface area (Å²) in [5, 5.41) is 13.0. The minimum atomic E-state index is -0.541. The van der Waals surface area contributed by atoms with Gasteiger partial charge < -0.3 is 20.1 Å². The molecular formula is C14H26N4O2. The third-order valence-electron chi connectivity index (χ3n) is 2.76. The first-order valence-corrected chi connectivity index (χ1v) is 6.92. The average Bonchev–Trinajstić information content (AvgIpc) is 2.39. The standard InChI is InChI=1S/C14H26N4O2/c1-11(2)5-15-6-12-7-16-14(17-8-12)18(3)9-13(19)10-20-4/h7-8,11,13,15,19H,5-6,9-10H2,1-4H3. The van der Waals surface area contributed by atoms with Crippen LogP contribution in [-0.4, -0.2) is 55.0 Å². The summed E-state index contributed by atoms with van der Waals surface area (Å²) < 4.78 is 4.90. The lowest BCUT2D eigenvalue weighted by Crippen LogP contribution is -2.33. The zero-order valence-corrected chi connectivity index (χ0v) is 12.8. The van der Waals surface area contributed by atoms with E-state index in [1.807, 2.05) is 24.3 Å². The van der Waals surface area contributed by atoms with Gasteiger partial charge in [0.05, 0.1) is 12.7 Å². The molecule has 6 nitrogen and oxygen atoms in total. The Morgan fingerprint density at radius 2 is 2.00 bits per heavy atom. The predicted molar refractivity (Wildman–Crippen MR) is 79.7 cm³/mol. The minimum absolute atomic E-state index is 0.307. The summed E-state index contributed by atoms with van der Waals surface area (Å²) >= 11 is 0. The maximum Gasteiger partial charge on any atom is 0.225 e. The molecule has 114 valence electrons. The molecule has 1 heterocycles. The molecular weight excluding hydrogens is 256 g/mol. The highest BCUT2D eigenvalue weighted by molar-refractivity contribution is 5.28. The third-order valence-corrected chi connectivity index (χ3v) is 2.76. The average molecular weight is 282 g/mol. The number of aromatic nitrogens is 2. The van der Waals surface area contributed by atoms with Crippen LogP contribution in [0.2, 0.25) is 0 Å². The van der Waals surface area contributed by atoms with Crippen molar-refractivity contribution in [1.82, 2.24) is 15.3 Å². The van der Waals surface area contributed by atoms with Gasteiger partial charge in [0.1, 0.15) is 0 Å². The fraction of sp³-hybridized carbons (Fsp3) is 0.714. The Kier molecular flexibility index (Phi) is 7.43. The molecule has 0 radical (unpaired) electrons. The second-order valence-electron chi connectivity index (χ2n) is 5.41. The maximum atomic E-state index is 9.67.